The Hall–Kier alpha value is -4.07. The average molecular weight is 390 g/mol. The van der Waals surface area contributed by atoms with Crippen LogP contribution in [0, 0.1) is 6.92 Å². The highest BCUT2D eigenvalue weighted by molar-refractivity contribution is 6.08. The molecule has 0 aliphatic rings. The molecule has 4 aromatic rings. The lowest BCUT2D eigenvalue weighted by molar-refractivity contribution is 0.102. The molecular formula is C21H18N4O4. The second-order valence-corrected chi connectivity index (χ2v) is 6.52. The van der Waals surface area contributed by atoms with Crippen LogP contribution in [0.3, 0.4) is 0 Å². The van der Waals surface area contributed by atoms with E-state index in [9.17, 15) is 14.7 Å². The van der Waals surface area contributed by atoms with Gasteiger partial charge in [0.15, 0.2) is 0 Å². The molecule has 29 heavy (non-hydrogen) atoms. The highest BCUT2D eigenvalue weighted by atomic mass is 16.5. The maximum Gasteiger partial charge on any atom is 0.266 e. The van der Waals surface area contributed by atoms with Crippen LogP contribution in [0.15, 0.2) is 59.5 Å². The summed E-state index contributed by atoms with van der Waals surface area (Å²) in [5.41, 5.74) is 1.43. The van der Waals surface area contributed by atoms with E-state index < -0.39 is 17.2 Å². The number of nitrogens with one attached hydrogen (secondary N) is 2. The summed E-state index contributed by atoms with van der Waals surface area (Å²) in [6, 6.07) is 14.2. The van der Waals surface area contributed by atoms with E-state index in [2.05, 4.69) is 15.4 Å². The van der Waals surface area contributed by atoms with Crippen molar-refractivity contribution in [1.82, 2.24) is 14.8 Å². The van der Waals surface area contributed by atoms with Crippen LogP contribution in [0.5, 0.6) is 11.5 Å². The normalized spacial score (nSPS) is 10.8. The van der Waals surface area contributed by atoms with Crippen molar-refractivity contribution in [2.75, 3.05) is 12.4 Å². The van der Waals surface area contributed by atoms with E-state index in [4.69, 9.17) is 4.74 Å². The van der Waals surface area contributed by atoms with Gasteiger partial charge in [-0.1, -0.05) is 23.8 Å². The Balaban J connectivity index is 1.75. The summed E-state index contributed by atoms with van der Waals surface area (Å²) in [4.78, 5) is 27.9. The number of ether oxygens (including phenoxy) is 1. The van der Waals surface area contributed by atoms with Gasteiger partial charge in [0.1, 0.15) is 22.7 Å². The van der Waals surface area contributed by atoms with Gasteiger partial charge in [-0.15, -0.1) is 0 Å². The number of H-pyrrole nitrogens is 1. The van der Waals surface area contributed by atoms with Crippen molar-refractivity contribution in [2.45, 2.75) is 6.92 Å². The fourth-order valence-corrected chi connectivity index (χ4v) is 3.04. The molecule has 3 N–H and O–H groups in total. The average Bonchev–Trinajstić information content (AvgIpc) is 3.12. The van der Waals surface area contributed by atoms with Gasteiger partial charge in [0.25, 0.3) is 11.5 Å². The van der Waals surface area contributed by atoms with Gasteiger partial charge in [-0.3, -0.25) is 9.59 Å². The van der Waals surface area contributed by atoms with E-state index in [1.165, 1.54) is 18.0 Å². The molecule has 2 aromatic heterocycles. The molecule has 0 unspecified atom stereocenters. The number of fused-ring (bicyclic) bond motifs is 1. The second kappa shape index (κ2) is 7.16. The van der Waals surface area contributed by atoms with Gasteiger partial charge in [0.2, 0.25) is 0 Å². The SMILES string of the molecule is COc1cccc(NC(=O)c2c(O)c3cnn(-c4ccc(C)cc4)c3[nH]c2=O)c1. The third kappa shape index (κ3) is 3.31. The molecule has 146 valence electrons. The highest BCUT2D eigenvalue weighted by Gasteiger charge is 2.22. The van der Waals surface area contributed by atoms with E-state index in [1.54, 1.807) is 24.3 Å². The molecule has 2 heterocycles. The first-order chi connectivity index (χ1) is 14.0. The zero-order chi connectivity index (χ0) is 20.5. The van der Waals surface area contributed by atoms with E-state index in [1.807, 2.05) is 31.2 Å². The number of hydrogen-bond donors (Lipinski definition) is 3. The Labute approximate surface area is 165 Å². The lowest BCUT2D eigenvalue weighted by Crippen LogP contribution is -2.23. The van der Waals surface area contributed by atoms with Crippen LogP contribution < -0.4 is 15.6 Å². The number of rotatable bonds is 4. The number of aryl methyl sites for hydroxylation is 1. The molecular weight excluding hydrogens is 372 g/mol. The fraction of sp³-hybridized carbons (Fsp3) is 0.0952. The van der Waals surface area contributed by atoms with Crippen molar-refractivity contribution in [1.29, 1.82) is 0 Å². The number of aromatic hydroxyl groups is 1. The van der Waals surface area contributed by atoms with Crippen molar-refractivity contribution in [2.24, 2.45) is 0 Å². The maximum absolute atomic E-state index is 12.7. The molecule has 0 aliphatic heterocycles. The summed E-state index contributed by atoms with van der Waals surface area (Å²) in [5.74, 6) is -0.611. The summed E-state index contributed by atoms with van der Waals surface area (Å²) in [7, 11) is 1.51. The number of carbonyl (C=O) groups excluding carboxylic acids is 1. The minimum Gasteiger partial charge on any atom is -0.506 e. The maximum atomic E-state index is 12.7. The van der Waals surface area contributed by atoms with E-state index in [0.717, 1.165) is 5.56 Å². The van der Waals surface area contributed by atoms with Crippen LogP contribution in [-0.2, 0) is 0 Å². The first-order valence-electron chi connectivity index (χ1n) is 8.83. The van der Waals surface area contributed by atoms with Gasteiger partial charge in [-0.05, 0) is 31.2 Å². The summed E-state index contributed by atoms with van der Waals surface area (Å²) in [5, 5.41) is 17.7. The lowest BCUT2D eigenvalue weighted by atomic mass is 10.2. The van der Waals surface area contributed by atoms with Gasteiger partial charge in [0, 0.05) is 11.8 Å². The number of pyridine rings is 1. The van der Waals surface area contributed by atoms with Crippen LogP contribution >= 0.6 is 0 Å². The molecule has 8 heteroatoms. The molecule has 0 radical (unpaired) electrons. The topological polar surface area (TPSA) is 109 Å². The quantitative estimate of drug-likeness (QED) is 0.496. The molecule has 0 spiro atoms. The molecule has 4 rings (SSSR count). The number of nitrogens with zero attached hydrogens (tertiary/aromatic N) is 2. The molecule has 0 saturated carbocycles. The highest BCUT2D eigenvalue weighted by Crippen LogP contribution is 2.27. The second-order valence-electron chi connectivity index (χ2n) is 6.52. The molecule has 0 bridgehead atoms. The Morgan fingerprint density at radius 3 is 2.69 bits per heavy atom. The Morgan fingerprint density at radius 1 is 1.21 bits per heavy atom. The number of benzene rings is 2. The zero-order valence-electron chi connectivity index (χ0n) is 15.8. The van der Waals surface area contributed by atoms with E-state index in [-0.39, 0.29) is 10.9 Å². The van der Waals surface area contributed by atoms with Crippen LogP contribution in [0.25, 0.3) is 16.7 Å². The third-order valence-electron chi connectivity index (χ3n) is 4.55. The molecule has 0 saturated heterocycles. The summed E-state index contributed by atoms with van der Waals surface area (Å²) >= 11 is 0. The number of hydrogen-bond acceptors (Lipinski definition) is 5. The molecule has 8 nitrogen and oxygen atoms in total. The van der Waals surface area contributed by atoms with Crippen molar-refractivity contribution in [3.8, 4) is 17.2 Å². The van der Waals surface area contributed by atoms with Gasteiger partial charge in [-0.25, -0.2) is 4.68 Å². The van der Waals surface area contributed by atoms with E-state index in [0.29, 0.717) is 22.8 Å². The molecule has 1 amide bonds. The Bertz CT molecular complexity index is 1270. The van der Waals surface area contributed by atoms with Crippen molar-refractivity contribution in [3.05, 3.63) is 76.2 Å². The predicted octanol–water partition coefficient (Wildman–Crippen LogP) is 2.99. The number of amides is 1. The van der Waals surface area contributed by atoms with Crippen LogP contribution in [0.2, 0.25) is 0 Å². The minimum atomic E-state index is -0.734. The van der Waals surface area contributed by atoms with Gasteiger partial charge in [-0.2, -0.15) is 5.10 Å². The molecule has 2 aromatic carbocycles. The molecule has 0 atom stereocenters. The van der Waals surface area contributed by atoms with Crippen molar-refractivity contribution in [3.63, 3.8) is 0 Å². The summed E-state index contributed by atoms with van der Waals surface area (Å²) in [6.07, 6.45) is 1.41. The largest absolute Gasteiger partial charge is 0.506 e. The third-order valence-corrected chi connectivity index (χ3v) is 4.55. The van der Waals surface area contributed by atoms with Gasteiger partial charge in [0.05, 0.1) is 24.4 Å². The van der Waals surface area contributed by atoms with Gasteiger partial charge < -0.3 is 20.1 Å². The fourth-order valence-electron chi connectivity index (χ4n) is 3.04. The Kier molecular flexibility index (Phi) is 4.52. The summed E-state index contributed by atoms with van der Waals surface area (Å²) in [6.45, 7) is 1.96. The number of aromatic amines is 1. The monoisotopic (exact) mass is 390 g/mol. The lowest BCUT2D eigenvalue weighted by Gasteiger charge is -2.09. The number of methoxy groups -OCH3 is 1. The van der Waals surface area contributed by atoms with Crippen molar-refractivity contribution >= 4 is 22.6 Å². The smallest absolute Gasteiger partial charge is 0.266 e. The van der Waals surface area contributed by atoms with E-state index >= 15 is 0 Å². The van der Waals surface area contributed by atoms with Crippen LogP contribution in [0.4, 0.5) is 5.69 Å². The standard InChI is InChI=1S/C21H18N4O4/c1-12-6-8-14(9-7-12)25-19-16(11-22-25)18(26)17(21(28)24-19)20(27)23-13-4-3-5-15(10-13)29-2/h3-11H,1-2H3,(H,23,27)(H2,24,26,28). The van der Waals surface area contributed by atoms with Crippen molar-refractivity contribution < 1.29 is 14.6 Å². The molecule has 0 aliphatic carbocycles. The minimum absolute atomic E-state index is 0.265. The molecule has 0 fully saturated rings. The van der Waals surface area contributed by atoms with Gasteiger partial charge >= 0.3 is 0 Å². The number of aromatic nitrogens is 3. The predicted molar refractivity (Wildman–Crippen MR) is 109 cm³/mol. The summed E-state index contributed by atoms with van der Waals surface area (Å²) < 4.78 is 6.62. The first kappa shape index (κ1) is 18.3. The Morgan fingerprint density at radius 2 is 1.97 bits per heavy atom. The first-order valence-corrected chi connectivity index (χ1v) is 8.83. The number of anilines is 1. The van der Waals surface area contributed by atoms with Crippen LogP contribution in [0.1, 0.15) is 15.9 Å². The zero-order valence-corrected chi connectivity index (χ0v) is 15.8. The number of carbonyl (C=O) groups is 1. The van der Waals surface area contributed by atoms with Crippen LogP contribution in [-0.4, -0.2) is 32.9 Å².